The summed E-state index contributed by atoms with van der Waals surface area (Å²) in [6.45, 7) is 0. The molecular weight excluding hydrogens is 272 g/mol. The Balaban J connectivity index is 2.01. The Labute approximate surface area is 119 Å². The van der Waals surface area contributed by atoms with E-state index in [1.54, 1.807) is 35.7 Å². The third kappa shape index (κ3) is 2.52. The van der Waals surface area contributed by atoms with Crippen molar-refractivity contribution in [2.24, 2.45) is 5.10 Å². The molecule has 0 fully saturated rings. The van der Waals surface area contributed by atoms with Crippen LogP contribution in [0, 0.1) is 4.77 Å². The maximum absolute atomic E-state index is 5.19. The molecule has 0 aliphatic carbocycles. The molecule has 0 aliphatic heterocycles. The highest BCUT2D eigenvalue weighted by molar-refractivity contribution is 7.71. The third-order valence-electron chi connectivity index (χ3n) is 2.60. The normalized spacial score (nSPS) is 11.0. The fraction of sp³-hybridized carbons (Fsp3) is 0. The number of hydrogen-bond acceptors (Lipinski definition) is 5. The van der Waals surface area contributed by atoms with Crippen molar-refractivity contribution in [3.8, 4) is 11.4 Å². The molecule has 0 atom stereocenters. The average molecular weight is 282 g/mol. The zero-order valence-corrected chi connectivity index (χ0v) is 11.2. The molecule has 0 amide bonds. The molecule has 0 saturated heterocycles. The smallest absolute Gasteiger partial charge is 0.216 e. The van der Waals surface area contributed by atoms with Gasteiger partial charge in [-0.05, 0) is 30.4 Å². The highest BCUT2D eigenvalue weighted by Gasteiger charge is 2.07. The molecule has 0 unspecified atom stereocenters. The van der Waals surface area contributed by atoms with Crippen LogP contribution in [-0.2, 0) is 0 Å². The topological polar surface area (TPSA) is 71.8 Å². The fourth-order valence-electron chi connectivity index (χ4n) is 1.66. The van der Waals surface area contributed by atoms with Crippen LogP contribution >= 0.6 is 12.2 Å². The first-order valence-electron chi connectivity index (χ1n) is 5.87. The van der Waals surface area contributed by atoms with Gasteiger partial charge in [-0.1, -0.05) is 6.07 Å². The summed E-state index contributed by atoms with van der Waals surface area (Å²) in [5.41, 5.74) is 1.77. The second-order valence-corrected chi connectivity index (χ2v) is 4.32. The summed E-state index contributed by atoms with van der Waals surface area (Å²) >= 11 is 5.19. The van der Waals surface area contributed by atoms with Crippen molar-refractivity contribution in [1.82, 2.24) is 24.8 Å². The Morgan fingerprint density at radius 2 is 2.00 bits per heavy atom. The van der Waals surface area contributed by atoms with Crippen molar-refractivity contribution in [2.75, 3.05) is 0 Å². The van der Waals surface area contributed by atoms with E-state index in [4.69, 9.17) is 12.2 Å². The van der Waals surface area contributed by atoms with Crippen LogP contribution in [-0.4, -0.2) is 31.1 Å². The minimum Gasteiger partial charge on any atom is -0.265 e. The van der Waals surface area contributed by atoms with Gasteiger partial charge in [-0.2, -0.15) is 14.9 Å². The van der Waals surface area contributed by atoms with Crippen molar-refractivity contribution in [3.05, 3.63) is 59.4 Å². The molecule has 0 bridgehead atoms. The summed E-state index contributed by atoms with van der Waals surface area (Å²) in [4.78, 5) is 8.01. The molecule has 0 radical (unpaired) electrons. The van der Waals surface area contributed by atoms with Crippen LogP contribution in [0.3, 0.4) is 0 Å². The number of aromatic nitrogens is 5. The molecule has 3 aromatic heterocycles. The number of aromatic amines is 1. The summed E-state index contributed by atoms with van der Waals surface area (Å²) in [5.74, 6) is 0.637. The largest absolute Gasteiger partial charge is 0.265 e. The molecular formula is C13H10N6S. The molecule has 98 valence electrons. The van der Waals surface area contributed by atoms with Gasteiger partial charge in [0.25, 0.3) is 0 Å². The monoisotopic (exact) mass is 282 g/mol. The van der Waals surface area contributed by atoms with Gasteiger partial charge in [0.05, 0.1) is 6.21 Å². The van der Waals surface area contributed by atoms with E-state index in [1.165, 1.54) is 0 Å². The molecule has 3 rings (SSSR count). The Hall–Kier alpha value is -2.67. The molecule has 0 aromatic carbocycles. The lowest BCUT2D eigenvalue weighted by Crippen LogP contribution is -1.95. The van der Waals surface area contributed by atoms with Gasteiger partial charge in [0.2, 0.25) is 4.77 Å². The predicted molar refractivity (Wildman–Crippen MR) is 77.9 cm³/mol. The SMILES string of the molecule is S=c1[nH]nc(-c2ccncc2)n1/N=C\c1cccnc1. The summed E-state index contributed by atoms with van der Waals surface area (Å²) < 4.78 is 1.99. The zero-order chi connectivity index (χ0) is 13.8. The minimum absolute atomic E-state index is 0.428. The van der Waals surface area contributed by atoms with E-state index in [1.807, 2.05) is 24.3 Å². The maximum Gasteiger partial charge on any atom is 0.216 e. The fourth-order valence-corrected chi connectivity index (χ4v) is 1.84. The van der Waals surface area contributed by atoms with Crippen molar-refractivity contribution in [3.63, 3.8) is 0 Å². The van der Waals surface area contributed by atoms with Gasteiger partial charge in [0, 0.05) is 35.9 Å². The molecule has 3 heterocycles. The van der Waals surface area contributed by atoms with E-state index >= 15 is 0 Å². The Morgan fingerprint density at radius 1 is 1.15 bits per heavy atom. The predicted octanol–water partition coefficient (Wildman–Crippen LogP) is 2.28. The maximum atomic E-state index is 5.19. The van der Waals surface area contributed by atoms with Gasteiger partial charge in [0.15, 0.2) is 5.82 Å². The Morgan fingerprint density at radius 3 is 2.75 bits per heavy atom. The first-order valence-corrected chi connectivity index (χ1v) is 6.27. The van der Waals surface area contributed by atoms with Crippen molar-refractivity contribution in [2.45, 2.75) is 0 Å². The number of hydrogen-bond donors (Lipinski definition) is 1. The average Bonchev–Trinajstić information content (AvgIpc) is 2.88. The van der Waals surface area contributed by atoms with E-state index in [2.05, 4.69) is 25.3 Å². The summed E-state index contributed by atoms with van der Waals surface area (Å²) in [6.07, 6.45) is 8.51. The molecule has 6 nitrogen and oxygen atoms in total. The Bertz CT molecular complexity index is 775. The van der Waals surface area contributed by atoms with E-state index in [0.29, 0.717) is 10.6 Å². The second-order valence-electron chi connectivity index (χ2n) is 3.93. The summed E-state index contributed by atoms with van der Waals surface area (Å²) in [7, 11) is 0. The second kappa shape index (κ2) is 5.54. The molecule has 0 saturated carbocycles. The Kier molecular flexibility index (Phi) is 3.42. The first-order chi connectivity index (χ1) is 9.84. The van der Waals surface area contributed by atoms with Crippen LogP contribution in [0.15, 0.2) is 54.2 Å². The van der Waals surface area contributed by atoms with Gasteiger partial charge in [-0.3, -0.25) is 9.97 Å². The van der Waals surface area contributed by atoms with Crippen molar-refractivity contribution < 1.29 is 0 Å². The van der Waals surface area contributed by atoms with Crippen molar-refractivity contribution in [1.29, 1.82) is 0 Å². The van der Waals surface area contributed by atoms with Crippen LogP contribution in [0.1, 0.15) is 5.56 Å². The van der Waals surface area contributed by atoms with Gasteiger partial charge in [-0.15, -0.1) is 0 Å². The number of rotatable bonds is 3. The lowest BCUT2D eigenvalue weighted by molar-refractivity contribution is 0.871. The lowest BCUT2D eigenvalue weighted by atomic mass is 10.2. The lowest BCUT2D eigenvalue weighted by Gasteiger charge is -1.99. The number of nitrogens with one attached hydrogen (secondary N) is 1. The van der Waals surface area contributed by atoms with E-state index < -0.39 is 0 Å². The van der Waals surface area contributed by atoms with Crippen LogP contribution < -0.4 is 0 Å². The van der Waals surface area contributed by atoms with Crippen LogP contribution in [0.25, 0.3) is 11.4 Å². The van der Waals surface area contributed by atoms with Gasteiger partial charge >= 0.3 is 0 Å². The number of H-pyrrole nitrogens is 1. The molecule has 7 heteroatoms. The van der Waals surface area contributed by atoms with Gasteiger partial charge < -0.3 is 0 Å². The quantitative estimate of drug-likeness (QED) is 0.591. The van der Waals surface area contributed by atoms with Crippen molar-refractivity contribution >= 4 is 18.4 Å². The first kappa shape index (κ1) is 12.4. The highest BCUT2D eigenvalue weighted by atomic mass is 32.1. The van der Waals surface area contributed by atoms with Crippen LogP contribution in [0.5, 0.6) is 0 Å². The highest BCUT2D eigenvalue weighted by Crippen LogP contribution is 2.15. The standard InChI is InChI=1S/C13H10N6S/c20-13-18-17-12(11-3-6-14-7-4-11)19(13)16-9-10-2-1-5-15-8-10/h1-9H,(H,18,20)/b16-9-. The van der Waals surface area contributed by atoms with E-state index in [9.17, 15) is 0 Å². The third-order valence-corrected chi connectivity index (χ3v) is 2.86. The number of nitrogens with zero attached hydrogens (tertiary/aromatic N) is 5. The summed E-state index contributed by atoms with van der Waals surface area (Å²) in [6, 6.07) is 7.45. The number of pyridine rings is 2. The molecule has 1 N–H and O–H groups in total. The van der Waals surface area contributed by atoms with E-state index in [0.717, 1.165) is 11.1 Å². The minimum atomic E-state index is 0.428. The molecule has 20 heavy (non-hydrogen) atoms. The van der Waals surface area contributed by atoms with Gasteiger partial charge in [0.1, 0.15) is 0 Å². The molecule has 0 spiro atoms. The summed E-state index contributed by atoms with van der Waals surface area (Å²) in [5, 5.41) is 11.3. The van der Waals surface area contributed by atoms with Crippen LogP contribution in [0.2, 0.25) is 0 Å². The van der Waals surface area contributed by atoms with Gasteiger partial charge in [-0.25, -0.2) is 5.10 Å². The zero-order valence-electron chi connectivity index (χ0n) is 10.3. The molecule has 3 aromatic rings. The van der Waals surface area contributed by atoms with E-state index in [-0.39, 0.29) is 0 Å². The molecule has 0 aliphatic rings. The van der Waals surface area contributed by atoms with Crippen LogP contribution in [0.4, 0.5) is 0 Å².